The average Bonchev–Trinajstić information content (AvgIpc) is 2.16. The van der Waals surface area contributed by atoms with Crippen molar-refractivity contribution in [3.05, 3.63) is 30.3 Å². The Morgan fingerprint density at radius 3 is 1.81 bits per heavy atom. The van der Waals surface area contributed by atoms with Crippen LogP contribution in [0.2, 0.25) is 0 Å². The lowest BCUT2D eigenvalue weighted by atomic mass is 10.1. The quantitative estimate of drug-likeness (QED) is 0.741. The molecule has 1 nitrogen and oxygen atoms in total. The van der Waals surface area contributed by atoms with Gasteiger partial charge in [0.1, 0.15) is 5.75 Å². The summed E-state index contributed by atoms with van der Waals surface area (Å²) in [5, 5.41) is 8.63. The van der Waals surface area contributed by atoms with Crippen molar-refractivity contribution in [1.82, 2.24) is 0 Å². The molecule has 0 unspecified atom stereocenters. The molecule has 1 aromatic carbocycles. The number of alkyl halides is 3. The van der Waals surface area contributed by atoms with Crippen molar-refractivity contribution in [1.29, 1.82) is 0 Å². The molecule has 4 heteroatoms. The molecule has 0 aliphatic rings. The van der Waals surface area contributed by atoms with Crippen molar-refractivity contribution in [3.63, 3.8) is 0 Å². The van der Waals surface area contributed by atoms with Gasteiger partial charge >= 0.3 is 0 Å². The summed E-state index contributed by atoms with van der Waals surface area (Å²) < 4.78 is -1.05. The number of phenols is 1. The van der Waals surface area contributed by atoms with Crippen LogP contribution >= 0.6 is 34.8 Å². The van der Waals surface area contributed by atoms with Crippen LogP contribution in [0.3, 0.4) is 0 Å². The molecule has 0 amide bonds. The van der Waals surface area contributed by atoms with Crippen LogP contribution in [0.25, 0.3) is 0 Å². The number of phenolic OH excluding ortho intramolecular Hbond substituents is 1. The Balaban J connectivity index is 0.000000288. The zero-order chi connectivity index (χ0) is 12.6. The van der Waals surface area contributed by atoms with Crippen molar-refractivity contribution in [2.45, 2.75) is 30.5 Å². The van der Waals surface area contributed by atoms with Gasteiger partial charge in [0, 0.05) is 0 Å². The molecular formula is C12H17Cl3O. The fraction of sp³-hybridized carbons (Fsp3) is 0.500. The number of hydrogen-bond donors (Lipinski definition) is 1. The van der Waals surface area contributed by atoms with E-state index in [4.69, 9.17) is 39.9 Å². The maximum absolute atomic E-state index is 8.63. The molecule has 1 N–H and O–H groups in total. The third kappa shape index (κ3) is 12.0. The predicted octanol–water partition coefficient (Wildman–Crippen LogP) is 5.19. The average molecular weight is 284 g/mol. The fourth-order valence-corrected chi connectivity index (χ4v) is 1.21. The van der Waals surface area contributed by atoms with Gasteiger partial charge in [-0.25, -0.2) is 0 Å². The molecule has 0 saturated carbocycles. The van der Waals surface area contributed by atoms with E-state index in [-0.39, 0.29) is 0 Å². The Hall–Kier alpha value is -0.110. The molecule has 0 saturated heterocycles. The van der Waals surface area contributed by atoms with Crippen LogP contribution in [0.4, 0.5) is 0 Å². The zero-order valence-corrected chi connectivity index (χ0v) is 11.7. The largest absolute Gasteiger partial charge is 0.508 e. The molecule has 92 valence electrons. The molecular weight excluding hydrogens is 266 g/mol. The minimum atomic E-state index is -1.05. The van der Waals surface area contributed by atoms with E-state index in [0.29, 0.717) is 18.1 Å². The summed E-state index contributed by atoms with van der Waals surface area (Å²) in [6, 6.07) is 8.71. The second-order valence-corrected chi connectivity index (χ2v) is 6.40. The van der Waals surface area contributed by atoms with Gasteiger partial charge < -0.3 is 5.11 Å². The zero-order valence-electron chi connectivity index (χ0n) is 9.46. The van der Waals surface area contributed by atoms with E-state index in [1.165, 1.54) is 0 Å². The molecule has 0 aromatic heterocycles. The van der Waals surface area contributed by atoms with Gasteiger partial charge in [0.2, 0.25) is 0 Å². The first-order valence-corrected chi connectivity index (χ1v) is 6.25. The number of para-hydroxylation sites is 1. The number of rotatable bonds is 2. The normalized spacial score (nSPS) is 10.9. The smallest absolute Gasteiger partial charge is 0.190 e. The van der Waals surface area contributed by atoms with Crippen LogP contribution in [0.15, 0.2) is 30.3 Å². The molecule has 1 rings (SSSR count). The van der Waals surface area contributed by atoms with Crippen molar-refractivity contribution >= 4 is 34.8 Å². The SMILES string of the molecule is CC(C)CCC(Cl)(Cl)Cl.Oc1ccccc1. The van der Waals surface area contributed by atoms with Gasteiger partial charge in [0.25, 0.3) is 0 Å². The van der Waals surface area contributed by atoms with Gasteiger partial charge in [-0.05, 0) is 30.9 Å². The first-order valence-electron chi connectivity index (χ1n) is 5.12. The minimum absolute atomic E-state index is 0.322. The van der Waals surface area contributed by atoms with Crippen LogP contribution in [0.5, 0.6) is 5.75 Å². The molecule has 1 aromatic rings. The van der Waals surface area contributed by atoms with E-state index in [1.807, 2.05) is 6.07 Å². The molecule has 0 aliphatic heterocycles. The third-order valence-corrected chi connectivity index (χ3v) is 2.33. The number of halogens is 3. The molecule has 0 atom stereocenters. The lowest BCUT2D eigenvalue weighted by Crippen LogP contribution is -2.03. The maximum Gasteiger partial charge on any atom is 0.190 e. The van der Waals surface area contributed by atoms with Gasteiger partial charge in [-0.3, -0.25) is 0 Å². The summed E-state index contributed by atoms with van der Waals surface area (Å²) in [6.07, 6.45) is 1.62. The molecule has 0 radical (unpaired) electrons. The summed E-state index contributed by atoms with van der Waals surface area (Å²) in [5.41, 5.74) is 0. The Bertz CT molecular complexity index is 267. The van der Waals surface area contributed by atoms with Crippen molar-refractivity contribution in [2.75, 3.05) is 0 Å². The van der Waals surface area contributed by atoms with Crippen LogP contribution in [0, 0.1) is 5.92 Å². The molecule has 0 fully saturated rings. The molecule has 0 aliphatic carbocycles. The highest BCUT2D eigenvalue weighted by Crippen LogP contribution is 2.32. The Labute approximate surface area is 112 Å². The van der Waals surface area contributed by atoms with E-state index in [2.05, 4.69) is 13.8 Å². The van der Waals surface area contributed by atoms with E-state index in [9.17, 15) is 0 Å². The lowest BCUT2D eigenvalue weighted by molar-refractivity contribution is 0.475. The molecule has 0 spiro atoms. The van der Waals surface area contributed by atoms with Crippen molar-refractivity contribution < 1.29 is 5.11 Å². The van der Waals surface area contributed by atoms with E-state index in [1.54, 1.807) is 24.3 Å². The van der Waals surface area contributed by atoms with Crippen LogP contribution in [-0.4, -0.2) is 8.90 Å². The summed E-state index contributed by atoms with van der Waals surface area (Å²) in [7, 11) is 0. The monoisotopic (exact) mass is 282 g/mol. The minimum Gasteiger partial charge on any atom is -0.508 e. The highest BCUT2D eigenvalue weighted by Gasteiger charge is 2.18. The van der Waals surface area contributed by atoms with Crippen LogP contribution < -0.4 is 0 Å². The van der Waals surface area contributed by atoms with Gasteiger partial charge in [-0.15, -0.1) is 0 Å². The number of aromatic hydroxyl groups is 1. The van der Waals surface area contributed by atoms with Gasteiger partial charge in [-0.1, -0.05) is 66.8 Å². The molecule has 0 heterocycles. The summed E-state index contributed by atoms with van der Waals surface area (Å²) in [6.45, 7) is 4.22. The van der Waals surface area contributed by atoms with Crippen LogP contribution in [-0.2, 0) is 0 Å². The standard InChI is InChI=1S/C6H11Cl3.C6H6O/c1-5(2)3-4-6(7,8)9;7-6-4-2-1-3-5-6/h5H,3-4H2,1-2H3;1-5,7H. The first-order chi connectivity index (χ1) is 7.31. The van der Waals surface area contributed by atoms with E-state index < -0.39 is 3.79 Å². The Kier molecular flexibility index (Phi) is 8.00. The first kappa shape index (κ1) is 15.9. The topological polar surface area (TPSA) is 20.2 Å². The third-order valence-electron chi connectivity index (χ3n) is 1.76. The highest BCUT2D eigenvalue weighted by atomic mass is 35.6. The van der Waals surface area contributed by atoms with E-state index >= 15 is 0 Å². The van der Waals surface area contributed by atoms with Crippen molar-refractivity contribution in [3.8, 4) is 5.75 Å². The lowest BCUT2D eigenvalue weighted by Gasteiger charge is -2.11. The maximum atomic E-state index is 8.63. The Morgan fingerprint density at radius 2 is 1.62 bits per heavy atom. The second kappa shape index (κ2) is 8.05. The number of hydrogen-bond acceptors (Lipinski definition) is 1. The van der Waals surface area contributed by atoms with Gasteiger partial charge in [-0.2, -0.15) is 0 Å². The number of benzene rings is 1. The van der Waals surface area contributed by atoms with Gasteiger partial charge in [0.15, 0.2) is 3.79 Å². The second-order valence-electron chi connectivity index (χ2n) is 3.88. The fourth-order valence-electron chi connectivity index (χ4n) is 0.880. The molecule has 16 heavy (non-hydrogen) atoms. The predicted molar refractivity (Wildman–Crippen MR) is 72.5 cm³/mol. The summed E-state index contributed by atoms with van der Waals surface area (Å²) in [5.74, 6) is 0.933. The highest BCUT2D eigenvalue weighted by molar-refractivity contribution is 6.67. The van der Waals surface area contributed by atoms with Crippen molar-refractivity contribution in [2.24, 2.45) is 5.92 Å². The Morgan fingerprint density at radius 1 is 1.12 bits per heavy atom. The summed E-state index contributed by atoms with van der Waals surface area (Å²) in [4.78, 5) is 0. The molecule has 0 bridgehead atoms. The van der Waals surface area contributed by atoms with E-state index in [0.717, 1.165) is 6.42 Å². The van der Waals surface area contributed by atoms with Crippen LogP contribution in [0.1, 0.15) is 26.7 Å². The van der Waals surface area contributed by atoms with Gasteiger partial charge in [0.05, 0.1) is 0 Å². The summed E-state index contributed by atoms with van der Waals surface area (Å²) >= 11 is 16.5.